The van der Waals surface area contributed by atoms with Gasteiger partial charge in [-0.3, -0.25) is 5.32 Å². The first kappa shape index (κ1) is 10.5. The maximum absolute atomic E-state index is 5.70. The van der Waals surface area contributed by atoms with E-state index in [1.54, 1.807) is 6.26 Å². The Morgan fingerprint density at radius 3 is 3.00 bits per heavy atom. The molecule has 2 heterocycles. The fraction of sp³-hybridized carbons (Fsp3) is 0.400. The van der Waals surface area contributed by atoms with E-state index in [4.69, 9.17) is 10.2 Å². The van der Waals surface area contributed by atoms with E-state index in [0.717, 1.165) is 6.54 Å². The molecule has 3 N–H and O–H groups in total. The zero-order valence-electron chi connectivity index (χ0n) is 9.34. The van der Waals surface area contributed by atoms with E-state index in [2.05, 4.69) is 15.3 Å². The lowest BCUT2D eigenvalue weighted by atomic mass is 10.3. The van der Waals surface area contributed by atoms with Gasteiger partial charge in [0.05, 0.1) is 6.26 Å². The molecule has 0 radical (unpaired) electrons. The van der Waals surface area contributed by atoms with Gasteiger partial charge in [-0.05, 0) is 19.1 Å². The van der Waals surface area contributed by atoms with E-state index in [9.17, 15) is 0 Å². The molecule has 1 aromatic rings. The van der Waals surface area contributed by atoms with Crippen LogP contribution in [0.15, 0.2) is 32.8 Å². The minimum absolute atomic E-state index is 0.353. The molecule has 0 spiro atoms. The molecular weight excluding hydrogens is 206 g/mol. The molecule has 16 heavy (non-hydrogen) atoms. The molecule has 2 rings (SSSR count). The van der Waals surface area contributed by atoms with Crippen molar-refractivity contribution in [3.8, 4) is 0 Å². The number of nitrogens with two attached hydrogens (primary N) is 1. The third kappa shape index (κ3) is 2.00. The summed E-state index contributed by atoms with van der Waals surface area (Å²) in [5.41, 5.74) is 5.70. The molecule has 0 fully saturated rings. The van der Waals surface area contributed by atoms with Gasteiger partial charge in [-0.25, -0.2) is 9.98 Å². The minimum Gasteiger partial charge on any atom is -0.465 e. The molecule has 0 aromatic carbocycles. The Hall–Kier alpha value is -1.98. The molecule has 0 saturated heterocycles. The Balaban J connectivity index is 2.25. The summed E-state index contributed by atoms with van der Waals surface area (Å²) < 4.78 is 5.27. The highest BCUT2D eigenvalue weighted by atomic mass is 16.3. The zero-order chi connectivity index (χ0) is 11.5. The summed E-state index contributed by atoms with van der Waals surface area (Å²) in [6.07, 6.45) is 1.21. The van der Waals surface area contributed by atoms with Gasteiger partial charge in [-0.2, -0.15) is 0 Å². The Morgan fingerprint density at radius 2 is 2.38 bits per heavy atom. The molecule has 6 heteroatoms. The summed E-state index contributed by atoms with van der Waals surface area (Å²) in [7, 11) is 1.93. The van der Waals surface area contributed by atoms with Crippen LogP contribution in [-0.2, 0) is 0 Å². The van der Waals surface area contributed by atoms with Gasteiger partial charge in [-0.15, -0.1) is 0 Å². The third-order valence-electron chi connectivity index (χ3n) is 2.38. The van der Waals surface area contributed by atoms with Gasteiger partial charge in [0.1, 0.15) is 0 Å². The molecule has 0 amide bonds. The molecule has 1 aliphatic rings. The second-order valence-electron chi connectivity index (χ2n) is 3.50. The summed E-state index contributed by atoms with van der Waals surface area (Å²) in [6, 6.07) is 3.64. The van der Waals surface area contributed by atoms with Crippen molar-refractivity contribution in [3.63, 3.8) is 0 Å². The Bertz CT molecular complexity index is 409. The van der Waals surface area contributed by atoms with E-state index in [1.807, 2.05) is 31.0 Å². The lowest BCUT2D eigenvalue weighted by Gasteiger charge is -2.24. The zero-order valence-corrected chi connectivity index (χ0v) is 9.34. The summed E-state index contributed by atoms with van der Waals surface area (Å²) >= 11 is 0. The van der Waals surface area contributed by atoms with Crippen molar-refractivity contribution in [2.75, 3.05) is 13.6 Å². The van der Waals surface area contributed by atoms with Crippen molar-refractivity contribution >= 4 is 11.9 Å². The molecule has 6 nitrogen and oxygen atoms in total. The normalized spacial score (nSPS) is 19.8. The predicted octanol–water partition coefficient (Wildman–Crippen LogP) is 0.504. The number of guanidine groups is 2. The van der Waals surface area contributed by atoms with Crippen LogP contribution in [0.5, 0.6) is 0 Å². The Morgan fingerprint density at radius 1 is 1.56 bits per heavy atom. The monoisotopic (exact) mass is 221 g/mol. The van der Waals surface area contributed by atoms with Crippen LogP contribution in [0.1, 0.15) is 18.8 Å². The molecule has 1 aliphatic heterocycles. The fourth-order valence-electron chi connectivity index (χ4n) is 1.36. The number of furan rings is 1. The molecule has 0 saturated carbocycles. The molecule has 86 valence electrons. The van der Waals surface area contributed by atoms with Crippen molar-refractivity contribution in [1.29, 1.82) is 0 Å². The van der Waals surface area contributed by atoms with Gasteiger partial charge in [0.15, 0.2) is 11.7 Å². The molecule has 0 aliphatic carbocycles. The largest absolute Gasteiger partial charge is 0.465 e. The number of nitrogens with zero attached hydrogens (tertiary/aromatic N) is 3. The van der Waals surface area contributed by atoms with Crippen LogP contribution in [0.4, 0.5) is 0 Å². The Kier molecular flexibility index (Phi) is 2.80. The van der Waals surface area contributed by atoms with Crippen molar-refractivity contribution < 1.29 is 4.42 Å². The quantitative estimate of drug-likeness (QED) is 0.762. The maximum atomic E-state index is 5.70. The first-order valence-corrected chi connectivity index (χ1v) is 5.13. The third-order valence-corrected chi connectivity index (χ3v) is 2.38. The number of nitrogens with one attached hydrogen (secondary N) is 1. The predicted molar refractivity (Wildman–Crippen MR) is 61.9 cm³/mol. The van der Waals surface area contributed by atoms with Crippen LogP contribution in [0, 0.1) is 0 Å². The van der Waals surface area contributed by atoms with Crippen LogP contribution >= 0.6 is 0 Å². The summed E-state index contributed by atoms with van der Waals surface area (Å²) in [4.78, 5) is 10.5. The van der Waals surface area contributed by atoms with Gasteiger partial charge >= 0.3 is 0 Å². The number of rotatable bonds is 2. The van der Waals surface area contributed by atoms with Gasteiger partial charge in [0.25, 0.3) is 0 Å². The maximum Gasteiger partial charge on any atom is 0.204 e. The van der Waals surface area contributed by atoms with E-state index in [0.29, 0.717) is 17.7 Å². The Labute approximate surface area is 93.8 Å². The van der Waals surface area contributed by atoms with Crippen LogP contribution < -0.4 is 11.1 Å². The molecule has 0 bridgehead atoms. The first-order valence-electron chi connectivity index (χ1n) is 5.13. The van der Waals surface area contributed by atoms with Crippen molar-refractivity contribution in [2.45, 2.75) is 13.1 Å². The van der Waals surface area contributed by atoms with Crippen LogP contribution in [-0.4, -0.2) is 30.4 Å². The lowest BCUT2D eigenvalue weighted by Crippen LogP contribution is -2.47. The summed E-state index contributed by atoms with van der Waals surface area (Å²) in [6.45, 7) is 2.87. The molecule has 1 aromatic heterocycles. The standard InChI is InChI=1S/C10H15N5O/c1-3-15(2)10-13-8(12-9(11)14-10)7-5-4-6-16-7/h4-6,8H,3H2,1-2H3,(H3,11,12,13,14). The number of aliphatic imine (C=N–C) groups is 2. The highest BCUT2D eigenvalue weighted by molar-refractivity contribution is 5.99. The summed E-state index contributed by atoms with van der Waals surface area (Å²) in [5.74, 6) is 1.74. The number of hydrogen-bond donors (Lipinski definition) is 2. The smallest absolute Gasteiger partial charge is 0.204 e. The minimum atomic E-state index is -0.389. The summed E-state index contributed by atoms with van der Waals surface area (Å²) in [5, 5.41) is 2.92. The molecule has 1 atom stereocenters. The first-order chi connectivity index (χ1) is 7.70. The van der Waals surface area contributed by atoms with E-state index in [1.165, 1.54) is 0 Å². The van der Waals surface area contributed by atoms with E-state index < -0.39 is 0 Å². The number of hydrogen-bond acceptors (Lipinski definition) is 6. The second kappa shape index (κ2) is 4.26. The highest BCUT2D eigenvalue weighted by Crippen LogP contribution is 2.21. The van der Waals surface area contributed by atoms with Crippen molar-refractivity contribution in [3.05, 3.63) is 24.2 Å². The van der Waals surface area contributed by atoms with Gasteiger partial charge in [0.2, 0.25) is 12.1 Å². The molecule has 1 unspecified atom stereocenters. The van der Waals surface area contributed by atoms with E-state index in [-0.39, 0.29) is 6.17 Å². The van der Waals surface area contributed by atoms with Crippen LogP contribution in [0.2, 0.25) is 0 Å². The SMILES string of the molecule is CCN(C)C1=NC(c2ccco2)N=C(N)N1. The second-order valence-corrected chi connectivity index (χ2v) is 3.50. The van der Waals surface area contributed by atoms with Gasteiger partial charge < -0.3 is 15.1 Å². The van der Waals surface area contributed by atoms with Crippen molar-refractivity contribution in [2.24, 2.45) is 15.7 Å². The fourth-order valence-corrected chi connectivity index (χ4v) is 1.36. The lowest BCUT2D eigenvalue weighted by molar-refractivity contribution is 0.456. The average Bonchev–Trinajstić information content (AvgIpc) is 2.80. The molecular formula is C10H15N5O. The van der Waals surface area contributed by atoms with Crippen molar-refractivity contribution in [1.82, 2.24) is 10.2 Å². The van der Waals surface area contributed by atoms with Gasteiger partial charge in [-0.1, -0.05) is 0 Å². The van der Waals surface area contributed by atoms with E-state index >= 15 is 0 Å². The van der Waals surface area contributed by atoms with Gasteiger partial charge in [0, 0.05) is 13.6 Å². The van der Waals surface area contributed by atoms with Crippen LogP contribution in [0.25, 0.3) is 0 Å². The highest BCUT2D eigenvalue weighted by Gasteiger charge is 2.20. The topological polar surface area (TPSA) is 79.2 Å². The van der Waals surface area contributed by atoms with Crippen LogP contribution in [0.3, 0.4) is 0 Å². The average molecular weight is 221 g/mol.